The molecule has 0 saturated heterocycles. The summed E-state index contributed by atoms with van der Waals surface area (Å²) in [6.07, 6.45) is 7.57. The van der Waals surface area contributed by atoms with Crippen molar-refractivity contribution in [1.29, 1.82) is 0 Å². The molecule has 5 rings (SSSR count). The average molecular weight is 415 g/mol. The van der Waals surface area contributed by atoms with E-state index in [1.54, 1.807) is 14.2 Å². The maximum atomic E-state index is 13.6. The van der Waals surface area contributed by atoms with Crippen LogP contribution in [0.4, 0.5) is 0 Å². The zero-order chi connectivity index (χ0) is 21.4. The third-order valence-corrected chi connectivity index (χ3v) is 6.29. The van der Waals surface area contributed by atoms with Gasteiger partial charge < -0.3 is 19.4 Å². The Hall–Kier alpha value is -3.47. The highest BCUT2D eigenvalue weighted by atomic mass is 16.5. The Morgan fingerprint density at radius 1 is 0.935 bits per heavy atom. The minimum Gasteiger partial charge on any atom is -0.497 e. The van der Waals surface area contributed by atoms with Gasteiger partial charge in [0.15, 0.2) is 0 Å². The summed E-state index contributed by atoms with van der Waals surface area (Å²) in [4.78, 5) is 19.2. The average Bonchev–Trinajstić information content (AvgIpc) is 3.22. The molecule has 31 heavy (non-hydrogen) atoms. The highest BCUT2D eigenvalue weighted by Crippen LogP contribution is 2.34. The van der Waals surface area contributed by atoms with Gasteiger partial charge in [-0.3, -0.25) is 4.79 Å². The number of aromatic amines is 1. The third kappa shape index (κ3) is 3.40. The van der Waals surface area contributed by atoms with Gasteiger partial charge in [-0.25, -0.2) is 0 Å². The molecule has 0 radical (unpaired) electrons. The SMILES string of the molecule is COc1ccc(C(=O)N2CCc3c([nH]c4c3=CCCC=4)C2c2ccc(OC)cc2)cc1. The van der Waals surface area contributed by atoms with Crippen LogP contribution in [0.25, 0.3) is 12.2 Å². The molecule has 5 heteroatoms. The number of hydrogen-bond acceptors (Lipinski definition) is 3. The fraction of sp³-hybridized carbons (Fsp3) is 0.269. The summed E-state index contributed by atoms with van der Waals surface area (Å²) in [5.74, 6) is 1.57. The Bertz CT molecular complexity index is 1220. The highest BCUT2D eigenvalue weighted by Gasteiger charge is 2.34. The van der Waals surface area contributed by atoms with Crippen molar-refractivity contribution in [3.63, 3.8) is 0 Å². The summed E-state index contributed by atoms with van der Waals surface area (Å²) in [6.45, 7) is 0.673. The lowest BCUT2D eigenvalue weighted by Crippen LogP contribution is -2.41. The normalized spacial score (nSPS) is 17.1. The lowest BCUT2D eigenvalue weighted by atomic mass is 9.91. The number of hydrogen-bond donors (Lipinski definition) is 1. The minimum absolute atomic E-state index is 0.0228. The molecule has 158 valence electrons. The van der Waals surface area contributed by atoms with Crippen LogP contribution in [0, 0.1) is 0 Å². The molecule has 0 fully saturated rings. The molecule has 1 atom stereocenters. The zero-order valence-electron chi connectivity index (χ0n) is 17.9. The van der Waals surface area contributed by atoms with E-state index in [1.807, 2.05) is 41.3 Å². The van der Waals surface area contributed by atoms with Gasteiger partial charge in [0.2, 0.25) is 0 Å². The van der Waals surface area contributed by atoms with Crippen LogP contribution in [-0.2, 0) is 6.42 Å². The monoisotopic (exact) mass is 414 g/mol. The van der Waals surface area contributed by atoms with Crippen LogP contribution in [0.15, 0.2) is 48.5 Å². The van der Waals surface area contributed by atoms with Crippen LogP contribution in [0.1, 0.15) is 46.1 Å². The van der Waals surface area contributed by atoms with Gasteiger partial charge in [-0.1, -0.05) is 24.3 Å². The quantitative estimate of drug-likeness (QED) is 0.714. The van der Waals surface area contributed by atoms with E-state index >= 15 is 0 Å². The van der Waals surface area contributed by atoms with Crippen molar-refractivity contribution < 1.29 is 14.3 Å². The zero-order valence-corrected chi connectivity index (χ0v) is 17.9. The van der Waals surface area contributed by atoms with Gasteiger partial charge in [0, 0.05) is 23.2 Å². The van der Waals surface area contributed by atoms with Crippen molar-refractivity contribution in [3.8, 4) is 11.5 Å². The molecule has 1 unspecified atom stereocenters. The van der Waals surface area contributed by atoms with Crippen LogP contribution >= 0.6 is 0 Å². The second-order valence-corrected chi connectivity index (χ2v) is 7.98. The van der Waals surface area contributed by atoms with Gasteiger partial charge in [0.05, 0.1) is 20.3 Å². The number of nitrogens with one attached hydrogen (secondary N) is 1. The van der Waals surface area contributed by atoms with E-state index in [0.717, 1.165) is 42.0 Å². The molecule has 2 aliphatic rings. The Balaban J connectivity index is 1.61. The van der Waals surface area contributed by atoms with Crippen molar-refractivity contribution in [2.24, 2.45) is 0 Å². The number of carbonyl (C=O) groups excluding carboxylic acids is 1. The summed E-state index contributed by atoms with van der Waals surface area (Å²) in [5, 5.41) is 2.50. The standard InChI is InChI=1S/C26H26N2O3/c1-30-19-11-7-17(8-12-19)25-24-22(21-5-3-4-6-23(21)27-24)15-16-28(25)26(29)18-9-13-20(31-2)14-10-18/h5-14,25,27H,3-4,15-16H2,1-2H3. The largest absolute Gasteiger partial charge is 0.497 e. The lowest BCUT2D eigenvalue weighted by Gasteiger charge is -2.36. The van der Waals surface area contributed by atoms with Gasteiger partial charge in [0.25, 0.3) is 5.91 Å². The molecule has 2 aromatic carbocycles. The Labute approximate surface area is 181 Å². The molecule has 1 aliphatic carbocycles. The molecule has 1 N–H and O–H groups in total. The topological polar surface area (TPSA) is 54.6 Å². The van der Waals surface area contributed by atoms with E-state index in [1.165, 1.54) is 16.1 Å². The fourth-order valence-corrected chi connectivity index (χ4v) is 4.72. The molecule has 1 amide bonds. The van der Waals surface area contributed by atoms with Gasteiger partial charge in [0.1, 0.15) is 11.5 Å². The minimum atomic E-state index is -0.170. The molecule has 0 bridgehead atoms. The van der Waals surface area contributed by atoms with Gasteiger partial charge >= 0.3 is 0 Å². The predicted molar refractivity (Wildman–Crippen MR) is 121 cm³/mol. The van der Waals surface area contributed by atoms with Crippen LogP contribution in [-0.4, -0.2) is 36.6 Å². The Kier molecular flexibility index (Phi) is 5.02. The number of methoxy groups -OCH3 is 2. The first kappa shape index (κ1) is 19.5. The number of carbonyl (C=O) groups is 1. The molecule has 0 saturated carbocycles. The molecule has 1 aliphatic heterocycles. The summed E-state index contributed by atoms with van der Waals surface area (Å²) < 4.78 is 10.6. The Morgan fingerprint density at radius 2 is 1.58 bits per heavy atom. The number of amides is 1. The van der Waals surface area contributed by atoms with E-state index in [2.05, 4.69) is 29.3 Å². The van der Waals surface area contributed by atoms with Crippen molar-refractivity contribution in [1.82, 2.24) is 9.88 Å². The van der Waals surface area contributed by atoms with E-state index in [0.29, 0.717) is 12.1 Å². The van der Waals surface area contributed by atoms with Crippen molar-refractivity contribution in [2.75, 3.05) is 20.8 Å². The van der Waals surface area contributed by atoms with Crippen molar-refractivity contribution in [2.45, 2.75) is 25.3 Å². The van der Waals surface area contributed by atoms with E-state index in [4.69, 9.17) is 9.47 Å². The van der Waals surface area contributed by atoms with E-state index < -0.39 is 0 Å². The number of nitrogens with zero attached hydrogens (tertiary/aromatic N) is 1. The number of rotatable bonds is 4. The summed E-state index contributed by atoms with van der Waals surface area (Å²) in [6, 6.07) is 15.2. The summed E-state index contributed by atoms with van der Waals surface area (Å²) in [5.41, 5.74) is 4.20. The molecule has 1 aromatic heterocycles. The smallest absolute Gasteiger partial charge is 0.254 e. The van der Waals surface area contributed by atoms with Gasteiger partial charge in [-0.15, -0.1) is 0 Å². The third-order valence-electron chi connectivity index (χ3n) is 6.29. The van der Waals surface area contributed by atoms with Crippen LogP contribution in [0.3, 0.4) is 0 Å². The number of ether oxygens (including phenoxy) is 2. The number of fused-ring (bicyclic) bond motifs is 3. The first-order valence-electron chi connectivity index (χ1n) is 10.7. The summed E-state index contributed by atoms with van der Waals surface area (Å²) in [7, 11) is 3.29. The second-order valence-electron chi connectivity index (χ2n) is 7.98. The van der Waals surface area contributed by atoms with Crippen molar-refractivity contribution >= 4 is 18.1 Å². The maximum absolute atomic E-state index is 13.6. The van der Waals surface area contributed by atoms with Crippen LogP contribution < -0.4 is 20.0 Å². The molecule has 0 spiro atoms. The Morgan fingerprint density at radius 3 is 2.26 bits per heavy atom. The fourth-order valence-electron chi connectivity index (χ4n) is 4.72. The maximum Gasteiger partial charge on any atom is 0.254 e. The molecular formula is C26H26N2O3. The number of benzene rings is 2. The summed E-state index contributed by atoms with van der Waals surface area (Å²) >= 11 is 0. The van der Waals surface area contributed by atoms with Crippen molar-refractivity contribution in [3.05, 3.63) is 81.5 Å². The first-order valence-corrected chi connectivity index (χ1v) is 10.7. The van der Waals surface area contributed by atoms with Gasteiger partial charge in [-0.05, 0) is 72.0 Å². The molecule has 3 aromatic rings. The van der Waals surface area contributed by atoms with E-state index in [9.17, 15) is 4.79 Å². The molecule has 2 heterocycles. The van der Waals surface area contributed by atoms with E-state index in [-0.39, 0.29) is 11.9 Å². The predicted octanol–water partition coefficient (Wildman–Crippen LogP) is 3.17. The van der Waals surface area contributed by atoms with Crippen LogP contribution in [0.2, 0.25) is 0 Å². The number of H-pyrrole nitrogens is 1. The van der Waals surface area contributed by atoms with Gasteiger partial charge in [-0.2, -0.15) is 0 Å². The lowest BCUT2D eigenvalue weighted by molar-refractivity contribution is 0.0691. The number of aromatic nitrogens is 1. The molecule has 5 nitrogen and oxygen atoms in total. The van der Waals surface area contributed by atoms with Crippen LogP contribution in [0.5, 0.6) is 11.5 Å². The highest BCUT2D eigenvalue weighted by molar-refractivity contribution is 5.95. The first-order chi connectivity index (χ1) is 15.2. The second kappa shape index (κ2) is 7.99. The molecular weight excluding hydrogens is 388 g/mol.